The molecular formula is C14H14ClNO3. The number of benzene rings is 1. The Hall–Kier alpha value is -2.07. The fraction of sp³-hybridized carbons (Fsp3) is 0.143. The maximum absolute atomic E-state index is 10.1. The van der Waals surface area contributed by atoms with E-state index in [1.165, 1.54) is 0 Å². The summed E-state index contributed by atoms with van der Waals surface area (Å²) in [5.41, 5.74) is 0. The van der Waals surface area contributed by atoms with Crippen molar-refractivity contribution in [1.82, 2.24) is 4.98 Å². The van der Waals surface area contributed by atoms with E-state index >= 15 is 0 Å². The van der Waals surface area contributed by atoms with Crippen molar-refractivity contribution >= 4 is 17.6 Å². The van der Waals surface area contributed by atoms with Gasteiger partial charge in [-0.3, -0.25) is 9.78 Å². The number of pyridine rings is 1. The lowest BCUT2D eigenvalue weighted by atomic mass is 10.3. The number of halogens is 1. The Kier molecular flexibility index (Phi) is 7.05. The summed E-state index contributed by atoms with van der Waals surface area (Å²) in [7, 11) is 0. The maximum Gasteiger partial charge on any atom is 0.306 e. The van der Waals surface area contributed by atoms with E-state index in [0.29, 0.717) is 10.8 Å². The number of aromatic nitrogens is 1. The fourth-order valence-corrected chi connectivity index (χ4v) is 1.23. The third-order valence-electron chi connectivity index (χ3n) is 1.96. The molecule has 0 unspecified atom stereocenters. The summed E-state index contributed by atoms with van der Waals surface area (Å²) in [6, 6.07) is 12.5. The zero-order chi connectivity index (χ0) is 13.9. The molecule has 0 saturated carbocycles. The molecule has 2 aromatic rings. The quantitative estimate of drug-likeness (QED) is 0.933. The predicted molar refractivity (Wildman–Crippen MR) is 73.4 cm³/mol. The molecule has 5 heteroatoms. The summed E-state index contributed by atoms with van der Waals surface area (Å²) in [6.07, 6.45) is 3.50. The van der Waals surface area contributed by atoms with Crippen LogP contribution in [0.25, 0.3) is 0 Å². The molecule has 0 aliphatic heterocycles. The highest BCUT2D eigenvalue weighted by atomic mass is 35.5. The van der Waals surface area contributed by atoms with Crippen LogP contribution in [0.3, 0.4) is 0 Å². The van der Waals surface area contributed by atoms with Crippen molar-refractivity contribution in [3.63, 3.8) is 0 Å². The average molecular weight is 280 g/mol. The molecule has 4 nitrogen and oxygen atoms in total. The normalized spacial score (nSPS) is 9.11. The lowest BCUT2D eigenvalue weighted by Gasteiger charge is -2.03. The molecule has 0 spiro atoms. The lowest BCUT2D eigenvalue weighted by Crippen LogP contribution is -2.04. The van der Waals surface area contributed by atoms with Crippen LogP contribution in [0.2, 0.25) is 5.02 Å². The van der Waals surface area contributed by atoms with E-state index in [-0.39, 0.29) is 13.0 Å². The molecule has 1 heterocycles. The van der Waals surface area contributed by atoms with Crippen molar-refractivity contribution in [2.24, 2.45) is 0 Å². The van der Waals surface area contributed by atoms with E-state index in [1.54, 1.807) is 36.7 Å². The van der Waals surface area contributed by atoms with Gasteiger partial charge in [0.1, 0.15) is 5.75 Å². The van der Waals surface area contributed by atoms with Crippen LogP contribution in [0.4, 0.5) is 0 Å². The molecule has 0 bridgehead atoms. The first-order chi connectivity index (χ1) is 9.18. The molecule has 1 N–H and O–H groups in total. The highest BCUT2D eigenvalue weighted by Crippen LogP contribution is 2.15. The standard InChI is InChI=1S/C9H9ClO3.C5H5N/c10-7-1-3-8(4-2-7)13-6-5-9(11)12;1-2-4-6-5-3-1/h1-4H,5-6H2,(H,11,12);1-5H. The SMILES string of the molecule is O=C(O)CCOc1ccc(Cl)cc1.c1ccncc1. The van der Waals surface area contributed by atoms with Gasteiger partial charge in [0.05, 0.1) is 13.0 Å². The van der Waals surface area contributed by atoms with Crippen LogP contribution in [-0.2, 0) is 4.79 Å². The molecule has 0 saturated heterocycles. The molecule has 0 amide bonds. The van der Waals surface area contributed by atoms with Crippen LogP contribution in [0, 0.1) is 0 Å². The largest absolute Gasteiger partial charge is 0.493 e. The minimum absolute atomic E-state index is 0.00261. The van der Waals surface area contributed by atoms with Crippen LogP contribution in [0.1, 0.15) is 6.42 Å². The Morgan fingerprint density at radius 2 is 1.79 bits per heavy atom. The van der Waals surface area contributed by atoms with Gasteiger partial charge < -0.3 is 9.84 Å². The van der Waals surface area contributed by atoms with Gasteiger partial charge in [0, 0.05) is 17.4 Å². The molecule has 2 rings (SSSR count). The molecule has 1 aromatic heterocycles. The van der Waals surface area contributed by atoms with Crippen molar-refractivity contribution in [1.29, 1.82) is 0 Å². The monoisotopic (exact) mass is 279 g/mol. The summed E-state index contributed by atoms with van der Waals surface area (Å²) < 4.78 is 5.13. The number of carboxylic acid groups (broad SMARTS) is 1. The van der Waals surface area contributed by atoms with Gasteiger partial charge >= 0.3 is 5.97 Å². The molecular weight excluding hydrogens is 266 g/mol. The Morgan fingerprint density at radius 3 is 2.21 bits per heavy atom. The van der Waals surface area contributed by atoms with Gasteiger partial charge in [-0.05, 0) is 36.4 Å². The summed E-state index contributed by atoms with van der Waals surface area (Å²) in [5, 5.41) is 8.96. The number of hydrogen-bond acceptors (Lipinski definition) is 3. The van der Waals surface area contributed by atoms with Gasteiger partial charge in [0.2, 0.25) is 0 Å². The Balaban J connectivity index is 0.000000250. The number of ether oxygens (including phenoxy) is 1. The van der Waals surface area contributed by atoms with Crippen molar-refractivity contribution < 1.29 is 14.6 Å². The van der Waals surface area contributed by atoms with Crippen molar-refractivity contribution in [2.45, 2.75) is 6.42 Å². The zero-order valence-electron chi connectivity index (χ0n) is 10.2. The third-order valence-corrected chi connectivity index (χ3v) is 2.22. The highest BCUT2D eigenvalue weighted by molar-refractivity contribution is 6.30. The molecule has 0 radical (unpaired) electrons. The van der Waals surface area contributed by atoms with Crippen molar-refractivity contribution in [3.8, 4) is 5.75 Å². The fourth-order valence-electron chi connectivity index (χ4n) is 1.10. The molecule has 0 aliphatic rings. The average Bonchev–Trinajstić information content (AvgIpc) is 2.43. The Bertz CT molecular complexity index is 447. The number of nitrogens with zero attached hydrogens (tertiary/aromatic N) is 1. The first-order valence-corrected chi connectivity index (χ1v) is 6.01. The highest BCUT2D eigenvalue weighted by Gasteiger charge is 1.97. The number of rotatable bonds is 4. The minimum Gasteiger partial charge on any atom is -0.493 e. The second kappa shape index (κ2) is 8.94. The number of carbonyl (C=O) groups is 1. The molecule has 0 aliphatic carbocycles. The van der Waals surface area contributed by atoms with Gasteiger partial charge in [-0.15, -0.1) is 0 Å². The molecule has 19 heavy (non-hydrogen) atoms. The first kappa shape index (κ1) is 15.0. The van der Waals surface area contributed by atoms with E-state index in [1.807, 2.05) is 18.2 Å². The first-order valence-electron chi connectivity index (χ1n) is 5.63. The Labute approximate surface area is 116 Å². The van der Waals surface area contributed by atoms with Gasteiger partial charge in [0.15, 0.2) is 0 Å². The van der Waals surface area contributed by atoms with Crippen LogP contribution in [0.5, 0.6) is 5.75 Å². The second-order valence-electron chi connectivity index (χ2n) is 3.47. The molecule has 0 fully saturated rings. The zero-order valence-corrected chi connectivity index (χ0v) is 11.0. The van der Waals surface area contributed by atoms with Crippen LogP contribution in [-0.4, -0.2) is 22.7 Å². The van der Waals surface area contributed by atoms with E-state index in [2.05, 4.69) is 4.98 Å². The predicted octanol–water partition coefficient (Wildman–Crippen LogP) is 3.28. The number of carboxylic acids is 1. The van der Waals surface area contributed by atoms with Gasteiger partial charge in [-0.2, -0.15) is 0 Å². The molecule has 100 valence electrons. The number of hydrogen-bond donors (Lipinski definition) is 1. The van der Waals surface area contributed by atoms with Gasteiger partial charge in [-0.1, -0.05) is 17.7 Å². The molecule has 0 atom stereocenters. The minimum atomic E-state index is -0.867. The summed E-state index contributed by atoms with van der Waals surface area (Å²) >= 11 is 5.65. The smallest absolute Gasteiger partial charge is 0.306 e. The molecule has 1 aromatic carbocycles. The summed E-state index contributed by atoms with van der Waals surface area (Å²) in [6.45, 7) is 0.178. The van der Waals surface area contributed by atoms with E-state index in [9.17, 15) is 4.79 Å². The van der Waals surface area contributed by atoms with E-state index in [0.717, 1.165) is 0 Å². The van der Waals surface area contributed by atoms with Crippen LogP contribution < -0.4 is 4.74 Å². The topological polar surface area (TPSA) is 59.4 Å². The summed E-state index contributed by atoms with van der Waals surface area (Å²) in [4.78, 5) is 13.9. The second-order valence-corrected chi connectivity index (χ2v) is 3.91. The maximum atomic E-state index is 10.1. The van der Waals surface area contributed by atoms with E-state index < -0.39 is 5.97 Å². The number of aliphatic carboxylic acids is 1. The lowest BCUT2D eigenvalue weighted by molar-refractivity contribution is -0.137. The Morgan fingerprint density at radius 1 is 1.16 bits per heavy atom. The van der Waals surface area contributed by atoms with Crippen molar-refractivity contribution in [3.05, 3.63) is 59.9 Å². The van der Waals surface area contributed by atoms with Gasteiger partial charge in [-0.25, -0.2) is 0 Å². The van der Waals surface area contributed by atoms with Crippen LogP contribution >= 0.6 is 11.6 Å². The van der Waals surface area contributed by atoms with Crippen molar-refractivity contribution in [2.75, 3.05) is 6.61 Å². The van der Waals surface area contributed by atoms with E-state index in [4.69, 9.17) is 21.4 Å². The summed E-state index contributed by atoms with van der Waals surface area (Å²) in [5.74, 6) is -0.236. The third kappa shape index (κ3) is 7.78. The van der Waals surface area contributed by atoms with Crippen LogP contribution in [0.15, 0.2) is 54.9 Å². The van der Waals surface area contributed by atoms with Gasteiger partial charge in [0.25, 0.3) is 0 Å².